The quantitative estimate of drug-likeness (QED) is 0.697. The first kappa shape index (κ1) is 12.3. The monoisotopic (exact) mass is 290 g/mol. The maximum Gasteiger partial charge on any atom is 0.266 e. The molecule has 1 N–H and O–H groups in total. The van der Waals surface area contributed by atoms with Crippen molar-refractivity contribution in [1.29, 1.82) is 0 Å². The second-order valence-corrected chi connectivity index (χ2v) is 5.65. The molecule has 4 nitrogen and oxygen atoms in total. The maximum atomic E-state index is 12.3. The second kappa shape index (κ2) is 5.07. The highest BCUT2D eigenvalue weighted by Gasteiger charge is 2.32. The predicted molar refractivity (Wildman–Crippen MR) is 78.2 cm³/mol. The van der Waals surface area contributed by atoms with Gasteiger partial charge in [-0.2, -0.15) is 0 Å². The molecule has 19 heavy (non-hydrogen) atoms. The lowest BCUT2D eigenvalue weighted by Gasteiger charge is -2.11. The fourth-order valence-corrected chi connectivity index (χ4v) is 3.02. The number of thioether (sulfide) groups is 1. The van der Waals surface area contributed by atoms with Crippen LogP contribution in [0.2, 0.25) is 0 Å². The van der Waals surface area contributed by atoms with Crippen molar-refractivity contribution in [2.24, 2.45) is 0 Å². The van der Waals surface area contributed by atoms with Crippen LogP contribution in [-0.2, 0) is 11.3 Å². The number of nitrogens with zero attached hydrogens (tertiary/aromatic N) is 1. The molecule has 1 fully saturated rings. The molecule has 0 bridgehead atoms. The molecule has 1 saturated heterocycles. The number of nitrogens with one attached hydrogen (secondary N) is 1. The minimum atomic E-state index is -0.0824. The van der Waals surface area contributed by atoms with Crippen LogP contribution in [0.15, 0.2) is 46.0 Å². The number of hydrogen-bond acceptors (Lipinski definition) is 4. The van der Waals surface area contributed by atoms with E-state index >= 15 is 0 Å². The van der Waals surface area contributed by atoms with Crippen molar-refractivity contribution >= 4 is 40.3 Å². The third kappa shape index (κ3) is 2.50. The Morgan fingerprint density at radius 3 is 3.00 bits per heavy atom. The van der Waals surface area contributed by atoms with E-state index in [4.69, 9.17) is 16.6 Å². The summed E-state index contributed by atoms with van der Waals surface area (Å²) >= 11 is 6.55. The Morgan fingerprint density at radius 2 is 2.32 bits per heavy atom. The van der Waals surface area contributed by atoms with E-state index in [2.05, 4.69) is 4.98 Å². The molecule has 3 rings (SSSR count). The summed E-state index contributed by atoms with van der Waals surface area (Å²) in [4.78, 5) is 17.5. The molecule has 3 heterocycles. The Hall–Kier alpha value is -1.79. The number of H-pyrrole nitrogens is 1. The smallest absolute Gasteiger partial charge is 0.266 e. The molecule has 0 atom stereocenters. The van der Waals surface area contributed by atoms with Gasteiger partial charge in [0.15, 0.2) is 0 Å². The Kier molecular flexibility index (Phi) is 3.27. The Morgan fingerprint density at radius 1 is 1.42 bits per heavy atom. The molecule has 96 valence electrons. The van der Waals surface area contributed by atoms with Gasteiger partial charge in [-0.1, -0.05) is 24.0 Å². The lowest BCUT2D eigenvalue weighted by Crippen LogP contribution is -2.27. The van der Waals surface area contributed by atoms with Gasteiger partial charge >= 0.3 is 0 Å². The lowest BCUT2D eigenvalue weighted by atomic mass is 10.3. The molecule has 0 aliphatic carbocycles. The summed E-state index contributed by atoms with van der Waals surface area (Å²) in [5, 5.41) is 0. The fraction of sp³-hybridized carbons (Fsp3) is 0.0769. The van der Waals surface area contributed by atoms with Gasteiger partial charge in [-0.3, -0.25) is 9.69 Å². The van der Waals surface area contributed by atoms with E-state index in [0.717, 1.165) is 11.5 Å². The molecule has 0 radical (unpaired) electrons. The number of aromatic nitrogens is 1. The highest BCUT2D eigenvalue weighted by atomic mass is 32.2. The predicted octanol–water partition coefficient (Wildman–Crippen LogP) is 3.01. The van der Waals surface area contributed by atoms with Crippen molar-refractivity contribution in [2.75, 3.05) is 0 Å². The molecular weight excluding hydrogens is 280 g/mol. The average Bonchev–Trinajstić information content (AvgIpc) is 3.10. The summed E-state index contributed by atoms with van der Waals surface area (Å²) in [6.45, 7) is 0.375. The molecule has 2 aromatic heterocycles. The zero-order chi connectivity index (χ0) is 13.2. The van der Waals surface area contributed by atoms with Crippen molar-refractivity contribution in [3.8, 4) is 0 Å². The average molecular weight is 290 g/mol. The Balaban J connectivity index is 1.81. The highest BCUT2D eigenvalue weighted by molar-refractivity contribution is 8.26. The van der Waals surface area contributed by atoms with Crippen molar-refractivity contribution in [3.05, 3.63) is 53.1 Å². The van der Waals surface area contributed by atoms with E-state index in [9.17, 15) is 4.79 Å². The van der Waals surface area contributed by atoms with Gasteiger partial charge in [-0.05, 0) is 30.3 Å². The zero-order valence-electron chi connectivity index (χ0n) is 9.83. The van der Waals surface area contributed by atoms with Gasteiger partial charge < -0.3 is 9.40 Å². The Labute approximate surface area is 119 Å². The van der Waals surface area contributed by atoms with Crippen LogP contribution in [0.3, 0.4) is 0 Å². The SMILES string of the molecule is O=C1/C(=C/c2ccc[nH]2)SC(=S)N1Cc1ccco1. The largest absolute Gasteiger partial charge is 0.467 e. The van der Waals surface area contributed by atoms with E-state index < -0.39 is 0 Å². The van der Waals surface area contributed by atoms with E-state index in [-0.39, 0.29) is 5.91 Å². The number of aromatic amines is 1. The van der Waals surface area contributed by atoms with Gasteiger partial charge in [0.25, 0.3) is 5.91 Å². The first-order chi connectivity index (χ1) is 9.24. The molecule has 6 heteroatoms. The van der Waals surface area contributed by atoms with Crippen molar-refractivity contribution in [2.45, 2.75) is 6.54 Å². The summed E-state index contributed by atoms with van der Waals surface area (Å²) in [5.74, 6) is 0.637. The van der Waals surface area contributed by atoms with Crippen LogP contribution in [0.4, 0.5) is 0 Å². The van der Waals surface area contributed by atoms with Gasteiger partial charge in [-0.15, -0.1) is 0 Å². The molecule has 1 amide bonds. The molecule has 1 aliphatic heterocycles. The Bertz CT molecular complexity index is 630. The summed E-state index contributed by atoms with van der Waals surface area (Å²) in [7, 11) is 0. The third-order valence-corrected chi connectivity index (χ3v) is 4.05. The van der Waals surface area contributed by atoms with Crippen LogP contribution in [0.25, 0.3) is 6.08 Å². The first-order valence-electron chi connectivity index (χ1n) is 5.65. The summed E-state index contributed by atoms with van der Waals surface area (Å²) in [5.41, 5.74) is 0.887. The molecule has 0 spiro atoms. The molecule has 0 unspecified atom stereocenters. The number of carbonyl (C=O) groups excluding carboxylic acids is 1. The van der Waals surface area contributed by atoms with E-state index in [1.165, 1.54) is 11.8 Å². The minimum Gasteiger partial charge on any atom is -0.467 e. The molecule has 1 aliphatic rings. The van der Waals surface area contributed by atoms with Crippen LogP contribution in [0.5, 0.6) is 0 Å². The second-order valence-electron chi connectivity index (χ2n) is 3.97. The number of amides is 1. The number of furan rings is 1. The lowest BCUT2D eigenvalue weighted by molar-refractivity contribution is -0.122. The summed E-state index contributed by atoms with van der Waals surface area (Å²) in [6, 6.07) is 7.41. The highest BCUT2D eigenvalue weighted by Crippen LogP contribution is 2.33. The van der Waals surface area contributed by atoms with Crippen LogP contribution < -0.4 is 0 Å². The molecule has 0 aromatic carbocycles. The van der Waals surface area contributed by atoms with Crippen LogP contribution in [0, 0.1) is 0 Å². The van der Waals surface area contributed by atoms with Crippen molar-refractivity contribution in [1.82, 2.24) is 9.88 Å². The molecule has 0 saturated carbocycles. The first-order valence-corrected chi connectivity index (χ1v) is 6.87. The van der Waals surface area contributed by atoms with E-state index in [0.29, 0.717) is 15.8 Å². The maximum absolute atomic E-state index is 12.3. The van der Waals surface area contributed by atoms with Crippen molar-refractivity contribution < 1.29 is 9.21 Å². The number of hydrogen-bond donors (Lipinski definition) is 1. The third-order valence-electron chi connectivity index (χ3n) is 2.68. The topological polar surface area (TPSA) is 49.2 Å². The van der Waals surface area contributed by atoms with Gasteiger partial charge in [0.1, 0.15) is 10.1 Å². The van der Waals surface area contributed by atoms with Crippen LogP contribution >= 0.6 is 24.0 Å². The van der Waals surface area contributed by atoms with E-state index in [1.807, 2.05) is 24.4 Å². The van der Waals surface area contributed by atoms with Gasteiger partial charge in [0.05, 0.1) is 17.7 Å². The molecular formula is C13H10N2O2S2. The normalized spacial score (nSPS) is 17.7. The summed E-state index contributed by atoms with van der Waals surface area (Å²) in [6.07, 6.45) is 5.21. The van der Waals surface area contributed by atoms with Gasteiger partial charge in [0, 0.05) is 11.9 Å². The molecule has 2 aromatic rings. The summed E-state index contributed by atoms with van der Waals surface area (Å²) < 4.78 is 5.80. The standard InChI is InChI=1S/C13H10N2O2S2/c16-12-11(7-9-3-1-5-14-9)19-13(18)15(12)8-10-4-2-6-17-10/h1-7,14H,8H2/b11-7-. The van der Waals surface area contributed by atoms with Crippen LogP contribution in [0.1, 0.15) is 11.5 Å². The minimum absolute atomic E-state index is 0.0824. The zero-order valence-corrected chi connectivity index (χ0v) is 11.5. The number of thiocarbonyl (C=S) groups is 1. The van der Waals surface area contributed by atoms with Crippen molar-refractivity contribution in [3.63, 3.8) is 0 Å². The fourth-order valence-electron chi connectivity index (χ4n) is 1.77. The van der Waals surface area contributed by atoms with Gasteiger partial charge in [0.2, 0.25) is 0 Å². The van der Waals surface area contributed by atoms with Crippen LogP contribution in [-0.4, -0.2) is 20.1 Å². The van der Waals surface area contributed by atoms with Gasteiger partial charge in [-0.25, -0.2) is 0 Å². The number of carbonyl (C=O) groups is 1. The number of rotatable bonds is 3. The van der Waals surface area contributed by atoms with E-state index in [1.54, 1.807) is 23.3 Å².